The maximum Gasteiger partial charge on any atom is 0.330 e. The second-order valence-corrected chi connectivity index (χ2v) is 5.36. The van der Waals surface area contributed by atoms with Gasteiger partial charge in [0.25, 0.3) is 5.56 Å². The second-order valence-electron chi connectivity index (χ2n) is 5.36. The Hall–Kier alpha value is -1.72. The van der Waals surface area contributed by atoms with E-state index in [9.17, 15) is 9.59 Å². The van der Waals surface area contributed by atoms with Crippen molar-refractivity contribution in [3.05, 3.63) is 20.8 Å². The number of aromatic nitrogens is 2. The third-order valence-electron chi connectivity index (χ3n) is 3.92. The summed E-state index contributed by atoms with van der Waals surface area (Å²) in [6, 6.07) is 0.266. The normalized spacial score (nSPS) is 23.3. The number of aromatic amines is 1. The highest BCUT2D eigenvalue weighted by molar-refractivity contribution is 5.60. The molecule has 0 amide bonds. The van der Waals surface area contributed by atoms with Crippen LogP contribution in [0.25, 0.3) is 0 Å². The van der Waals surface area contributed by atoms with Crippen LogP contribution in [0.4, 0.5) is 11.5 Å². The Kier molecular flexibility index (Phi) is 3.97. The Morgan fingerprint density at radius 2 is 1.95 bits per heavy atom. The molecule has 1 saturated carbocycles. The van der Waals surface area contributed by atoms with Crippen molar-refractivity contribution >= 4 is 11.5 Å². The van der Waals surface area contributed by atoms with Gasteiger partial charge in [-0.3, -0.25) is 14.3 Å². The minimum atomic E-state index is -0.451. The second kappa shape index (κ2) is 5.50. The molecule has 1 aromatic heterocycles. The third-order valence-corrected chi connectivity index (χ3v) is 3.92. The number of anilines is 2. The molecular weight excluding hydrogens is 244 g/mol. The molecule has 0 unspecified atom stereocenters. The first-order chi connectivity index (χ1) is 9.02. The van der Waals surface area contributed by atoms with Gasteiger partial charge in [0, 0.05) is 12.6 Å². The summed E-state index contributed by atoms with van der Waals surface area (Å²) >= 11 is 0. The zero-order valence-electron chi connectivity index (χ0n) is 11.5. The van der Waals surface area contributed by atoms with Crippen LogP contribution in [0.3, 0.4) is 0 Å². The van der Waals surface area contributed by atoms with Crippen molar-refractivity contribution in [1.82, 2.24) is 9.55 Å². The Morgan fingerprint density at radius 3 is 2.53 bits per heavy atom. The fraction of sp³-hybridized carbons (Fsp3) is 0.692. The maximum absolute atomic E-state index is 11.9. The minimum absolute atomic E-state index is 0.231. The standard InChI is InChI=1S/C13H22N4O2/c1-3-17-11(14)10(12(18)16-13(17)19)15-9-6-4-8(2)5-7-9/h8-9,15H,3-7,14H2,1-2H3,(H,16,18,19). The topological polar surface area (TPSA) is 92.9 Å². The maximum atomic E-state index is 11.9. The average Bonchev–Trinajstić information content (AvgIpc) is 2.37. The van der Waals surface area contributed by atoms with E-state index >= 15 is 0 Å². The van der Waals surface area contributed by atoms with Gasteiger partial charge in [0.05, 0.1) is 0 Å². The Bertz CT molecular complexity index is 553. The molecule has 0 aromatic carbocycles. The molecule has 0 aliphatic heterocycles. The predicted molar refractivity (Wildman–Crippen MR) is 76.5 cm³/mol. The van der Waals surface area contributed by atoms with Gasteiger partial charge in [0.1, 0.15) is 11.5 Å². The number of nitrogens with two attached hydrogens (primary N) is 1. The molecule has 1 heterocycles. The first kappa shape index (κ1) is 13.7. The van der Waals surface area contributed by atoms with Gasteiger partial charge in [0.2, 0.25) is 0 Å². The predicted octanol–water partition coefficient (Wildman–Crippen LogP) is 1.13. The molecule has 1 aliphatic carbocycles. The van der Waals surface area contributed by atoms with Gasteiger partial charge in [0.15, 0.2) is 0 Å². The monoisotopic (exact) mass is 266 g/mol. The van der Waals surface area contributed by atoms with Gasteiger partial charge in [-0.15, -0.1) is 0 Å². The lowest BCUT2D eigenvalue weighted by molar-refractivity contribution is 0.361. The fourth-order valence-electron chi connectivity index (χ4n) is 2.65. The number of nitrogen functional groups attached to an aromatic ring is 1. The molecule has 6 heteroatoms. The van der Waals surface area contributed by atoms with Crippen LogP contribution in [0, 0.1) is 5.92 Å². The van der Waals surface area contributed by atoms with E-state index in [2.05, 4.69) is 17.2 Å². The third kappa shape index (κ3) is 2.83. The Morgan fingerprint density at radius 1 is 1.32 bits per heavy atom. The van der Waals surface area contributed by atoms with Gasteiger partial charge in [-0.25, -0.2) is 4.79 Å². The zero-order valence-corrected chi connectivity index (χ0v) is 11.5. The molecule has 106 valence electrons. The Balaban J connectivity index is 2.25. The number of nitrogens with one attached hydrogen (secondary N) is 2. The van der Waals surface area contributed by atoms with Crippen molar-refractivity contribution in [1.29, 1.82) is 0 Å². The molecular formula is C13H22N4O2. The summed E-state index contributed by atoms with van der Waals surface area (Å²) in [6.07, 6.45) is 4.38. The van der Waals surface area contributed by atoms with Gasteiger partial charge >= 0.3 is 5.69 Å². The summed E-state index contributed by atoms with van der Waals surface area (Å²) in [6.45, 7) is 4.51. The van der Waals surface area contributed by atoms with E-state index in [0.717, 1.165) is 31.6 Å². The molecule has 0 saturated heterocycles. The molecule has 2 rings (SSSR count). The molecule has 0 spiro atoms. The largest absolute Gasteiger partial charge is 0.383 e. The highest BCUT2D eigenvalue weighted by Crippen LogP contribution is 2.26. The van der Waals surface area contributed by atoms with Crippen molar-refractivity contribution in [3.63, 3.8) is 0 Å². The van der Waals surface area contributed by atoms with Crippen molar-refractivity contribution in [2.45, 2.75) is 52.1 Å². The van der Waals surface area contributed by atoms with E-state index < -0.39 is 11.2 Å². The highest BCUT2D eigenvalue weighted by atomic mass is 16.2. The molecule has 0 radical (unpaired) electrons. The number of nitrogens with zero attached hydrogens (tertiary/aromatic N) is 1. The Labute approximate surface area is 112 Å². The smallest absolute Gasteiger partial charge is 0.330 e. The number of hydrogen-bond acceptors (Lipinski definition) is 4. The van der Waals surface area contributed by atoms with Crippen LogP contribution in [-0.4, -0.2) is 15.6 Å². The summed E-state index contributed by atoms with van der Waals surface area (Å²) in [7, 11) is 0. The van der Waals surface area contributed by atoms with E-state index in [4.69, 9.17) is 5.73 Å². The van der Waals surface area contributed by atoms with Crippen LogP contribution in [-0.2, 0) is 6.54 Å². The van der Waals surface area contributed by atoms with E-state index in [1.54, 1.807) is 0 Å². The number of H-pyrrole nitrogens is 1. The van der Waals surface area contributed by atoms with Crippen LogP contribution in [0.5, 0.6) is 0 Å². The summed E-state index contributed by atoms with van der Waals surface area (Å²) in [4.78, 5) is 25.7. The molecule has 1 fully saturated rings. The molecule has 1 aromatic rings. The van der Waals surface area contributed by atoms with E-state index in [1.807, 2.05) is 6.92 Å². The highest BCUT2D eigenvalue weighted by Gasteiger charge is 2.20. The van der Waals surface area contributed by atoms with Crippen LogP contribution in [0.1, 0.15) is 39.5 Å². The lowest BCUT2D eigenvalue weighted by Crippen LogP contribution is -2.36. The van der Waals surface area contributed by atoms with E-state index in [1.165, 1.54) is 4.57 Å². The van der Waals surface area contributed by atoms with Crippen molar-refractivity contribution in [3.8, 4) is 0 Å². The lowest BCUT2D eigenvalue weighted by Gasteiger charge is -2.28. The van der Waals surface area contributed by atoms with Crippen LogP contribution in [0.2, 0.25) is 0 Å². The van der Waals surface area contributed by atoms with Crippen molar-refractivity contribution in [2.75, 3.05) is 11.1 Å². The van der Waals surface area contributed by atoms with Crippen molar-refractivity contribution in [2.24, 2.45) is 5.92 Å². The van der Waals surface area contributed by atoms with Gasteiger partial charge in [-0.05, 0) is 38.5 Å². The summed E-state index contributed by atoms with van der Waals surface area (Å²) in [5, 5.41) is 3.21. The molecule has 1 aliphatic rings. The van der Waals surface area contributed by atoms with Gasteiger partial charge in [-0.2, -0.15) is 0 Å². The van der Waals surface area contributed by atoms with Crippen molar-refractivity contribution < 1.29 is 0 Å². The van der Waals surface area contributed by atoms with Gasteiger partial charge in [-0.1, -0.05) is 6.92 Å². The summed E-state index contributed by atoms with van der Waals surface area (Å²) in [5.41, 5.74) is 5.38. The summed E-state index contributed by atoms with van der Waals surface area (Å²) < 4.78 is 1.37. The average molecular weight is 266 g/mol. The van der Waals surface area contributed by atoms with Crippen LogP contribution in [0.15, 0.2) is 9.59 Å². The van der Waals surface area contributed by atoms with Crippen LogP contribution < -0.4 is 22.3 Å². The molecule has 0 atom stereocenters. The van der Waals surface area contributed by atoms with Gasteiger partial charge < -0.3 is 11.1 Å². The minimum Gasteiger partial charge on any atom is -0.383 e. The molecule has 19 heavy (non-hydrogen) atoms. The van der Waals surface area contributed by atoms with E-state index in [-0.39, 0.29) is 11.9 Å². The molecule has 6 nitrogen and oxygen atoms in total. The number of hydrogen-bond donors (Lipinski definition) is 3. The van der Waals surface area contributed by atoms with Crippen LogP contribution >= 0.6 is 0 Å². The lowest BCUT2D eigenvalue weighted by atomic mass is 9.87. The molecule has 0 bridgehead atoms. The zero-order chi connectivity index (χ0) is 14.0. The number of rotatable bonds is 3. The fourth-order valence-corrected chi connectivity index (χ4v) is 2.65. The first-order valence-electron chi connectivity index (χ1n) is 6.92. The molecule has 4 N–H and O–H groups in total. The SMILES string of the molecule is CCn1c(N)c(NC2CCC(C)CC2)c(=O)[nH]c1=O. The quantitative estimate of drug-likeness (QED) is 0.764. The van der Waals surface area contributed by atoms with E-state index in [0.29, 0.717) is 12.2 Å². The summed E-state index contributed by atoms with van der Waals surface area (Å²) in [5.74, 6) is 0.980. The first-order valence-corrected chi connectivity index (χ1v) is 6.92.